The molecule has 21 heavy (non-hydrogen) atoms. The second-order valence-corrected chi connectivity index (χ2v) is 7.31. The molecule has 0 radical (unpaired) electrons. The lowest BCUT2D eigenvalue weighted by atomic mass is 9.69. The molecule has 1 N–H and O–H groups in total. The van der Waals surface area contributed by atoms with Crippen LogP contribution in [0.25, 0.3) is 0 Å². The van der Waals surface area contributed by atoms with E-state index in [0.29, 0.717) is 24.5 Å². The summed E-state index contributed by atoms with van der Waals surface area (Å²) in [6.45, 7) is 6.89. The molecule has 2 rings (SSSR count). The fourth-order valence-electron chi connectivity index (χ4n) is 4.23. The number of rotatable bonds is 4. The molecule has 2 fully saturated rings. The topological polar surface area (TPSA) is 38.3 Å². The van der Waals surface area contributed by atoms with Gasteiger partial charge in [0.15, 0.2) is 0 Å². The number of hydrogen-bond acceptors (Lipinski definition) is 3. The predicted molar refractivity (Wildman–Crippen MR) is 86.2 cm³/mol. The van der Waals surface area contributed by atoms with Gasteiger partial charge in [0.05, 0.1) is 6.61 Å². The van der Waals surface area contributed by atoms with E-state index in [1.807, 2.05) is 6.92 Å². The first-order chi connectivity index (χ1) is 10.1. The van der Waals surface area contributed by atoms with E-state index in [2.05, 4.69) is 19.2 Å². The Morgan fingerprint density at radius 2 is 1.76 bits per heavy atom. The molecule has 0 saturated heterocycles. The lowest BCUT2D eigenvalue weighted by Crippen LogP contribution is -2.62. The molecule has 2 aliphatic rings. The van der Waals surface area contributed by atoms with Crippen LogP contribution in [0.1, 0.15) is 78.6 Å². The van der Waals surface area contributed by atoms with Crippen molar-refractivity contribution < 1.29 is 9.53 Å². The van der Waals surface area contributed by atoms with Crippen LogP contribution < -0.4 is 5.32 Å². The van der Waals surface area contributed by atoms with Gasteiger partial charge in [-0.3, -0.25) is 10.1 Å². The van der Waals surface area contributed by atoms with Crippen LogP contribution in [0.2, 0.25) is 0 Å². The van der Waals surface area contributed by atoms with Crippen molar-refractivity contribution in [2.24, 2.45) is 11.8 Å². The first-order valence-electron chi connectivity index (χ1n) is 9.03. The molecular formula is C18H33NO2. The number of nitrogens with one attached hydrogen (secondary N) is 1. The Balaban J connectivity index is 2.15. The molecule has 0 aliphatic heterocycles. The van der Waals surface area contributed by atoms with Crippen LogP contribution in [0, 0.1) is 11.8 Å². The van der Waals surface area contributed by atoms with Crippen LogP contribution in [-0.4, -0.2) is 24.2 Å². The minimum Gasteiger partial charge on any atom is -0.465 e. The standard InChI is InChI=1S/C18H33NO2/c1-4-21-17(20)18(13-14(2)11-12-15(18)3)19-16-9-7-5-6-8-10-16/h14-16,19H,4-13H2,1-3H3. The number of hydrogen-bond donors (Lipinski definition) is 1. The van der Waals surface area contributed by atoms with Crippen molar-refractivity contribution in [1.82, 2.24) is 5.32 Å². The summed E-state index contributed by atoms with van der Waals surface area (Å²) in [6, 6.07) is 0.490. The molecule has 0 aromatic heterocycles. The third-order valence-electron chi connectivity index (χ3n) is 5.56. The fourth-order valence-corrected chi connectivity index (χ4v) is 4.23. The normalized spacial score (nSPS) is 35.2. The SMILES string of the molecule is CCOC(=O)C1(NC2CCCCCC2)CC(C)CCC1C. The molecule has 0 bridgehead atoms. The van der Waals surface area contributed by atoms with E-state index >= 15 is 0 Å². The van der Waals surface area contributed by atoms with Crippen LogP contribution in [-0.2, 0) is 9.53 Å². The Labute approximate surface area is 130 Å². The Morgan fingerprint density at radius 1 is 1.10 bits per heavy atom. The lowest BCUT2D eigenvalue weighted by molar-refractivity contribution is -0.157. The Bertz CT molecular complexity index is 336. The molecule has 2 aliphatic carbocycles. The average Bonchev–Trinajstić information content (AvgIpc) is 2.71. The van der Waals surface area contributed by atoms with E-state index in [9.17, 15) is 4.79 Å². The van der Waals surface area contributed by atoms with Crippen LogP contribution in [0.3, 0.4) is 0 Å². The predicted octanol–water partition coefficient (Wildman–Crippen LogP) is 4.06. The van der Waals surface area contributed by atoms with Gasteiger partial charge in [-0.2, -0.15) is 0 Å². The van der Waals surface area contributed by atoms with Crippen molar-refractivity contribution in [2.75, 3.05) is 6.61 Å². The fraction of sp³-hybridized carbons (Fsp3) is 0.944. The molecule has 0 aromatic rings. The van der Waals surface area contributed by atoms with Gasteiger partial charge >= 0.3 is 5.97 Å². The van der Waals surface area contributed by atoms with Gasteiger partial charge in [0.2, 0.25) is 0 Å². The summed E-state index contributed by atoms with van der Waals surface area (Å²) in [5.74, 6) is 0.966. The first kappa shape index (κ1) is 16.8. The van der Waals surface area contributed by atoms with E-state index in [4.69, 9.17) is 4.74 Å². The van der Waals surface area contributed by atoms with Gasteiger partial charge in [-0.15, -0.1) is 0 Å². The number of ether oxygens (including phenoxy) is 1. The molecule has 0 amide bonds. The molecule has 2 saturated carbocycles. The third kappa shape index (κ3) is 4.00. The van der Waals surface area contributed by atoms with E-state index in [0.717, 1.165) is 12.8 Å². The molecule has 3 atom stereocenters. The van der Waals surface area contributed by atoms with E-state index in [1.165, 1.54) is 44.9 Å². The molecule has 3 heteroatoms. The zero-order valence-corrected chi connectivity index (χ0v) is 14.1. The van der Waals surface area contributed by atoms with Crippen LogP contribution in [0.15, 0.2) is 0 Å². The monoisotopic (exact) mass is 295 g/mol. The van der Waals surface area contributed by atoms with Crippen molar-refractivity contribution in [1.29, 1.82) is 0 Å². The Hall–Kier alpha value is -0.570. The van der Waals surface area contributed by atoms with Crippen molar-refractivity contribution in [3.05, 3.63) is 0 Å². The summed E-state index contributed by atoms with van der Waals surface area (Å²) in [7, 11) is 0. The molecule has 122 valence electrons. The minimum absolute atomic E-state index is 0.00621. The summed E-state index contributed by atoms with van der Waals surface area (Å²) >= 11 is 0. The maximum atomic E-state index is 12.8. The maximum absolute atomic E-state index is 12.8. The number of carbonyl (C=O) groups excluding carboxylic acids is 1. The molecule has 0 heterocycles. The number of esters is 1. The van der Waals surface area contributed by atoms with Gasteiger partial charge in [-0.05, 0) is 44.4 Å². The zero-order chi connectivity index (χ0) is 15.3. The maximum Gasteiger partial charge on any atom is 0.326 e. The quantitative estimate of drug-likeness (QED) is 0.628. The summed E-state index contributed by atoms with van der Waals surface area (Å²) < 4.78 is 5.47. The highest BCUT2D eigenvalue weighted by Gasteiger charge is 2.48. The van der Waals surface area contributed by atoms with Crippen molar-refractivity contribution in [3.63, 3.8) is 0 Å². The largest absolute Gasteiger partial charge is 0.465 e. The lowest BCUT2D eigenvalue weighted by Gasteiger charge is -2.45. The van der Waals surface area contributed by atoms with E-state index in [-0.39, 0.29) is 5.97 Å². The second-order valence-electron chi connectivity index (χ2n) is 7.31. The molecule has 0 aromatic carbocycles. The van der Waals surface area contributed by atoms with Gasteiger partial charge < -0.3 is 4.74 Å². The molecular weight excluding hydrogens is 262 g/mol. The van der Waals surface area contributed by atoms with Gasteiger partial charge in [-0.25, -0.2) is 0 Å². The van der Waals surface area contributed by atoms with Gasteiger partial charge in [0, 0.05) is 6.04 Å². The third-order valence-corrected chi connectivity index (χ3v) is 5.56. The minimum atomic E-state index is -0.442. The second kappa shape index (κ2) is 7.62. The highest BCUT2D eigenvalue weighted by Crippen LogP contribution is 2.39. The summed E-state index contributed by atoms with van der Waals surface area (Å²) in [5.41, 5.74) is -0.442. The Morgan fingerprint density at radius 3 is 2.38 bits per heavy atom. The zero-order valence-electron chi connectivity index (χ0n) is 14.1. The average molecular weight is 295 g/mol. The smallest absolute Gasteiger partial charge is 0.326 e. The van der Waals surface area contributed by atoms with Gasteiger partial charge in [0.25, 0.3) is 0 Å². The van der Waals surface area contributed by atoms with Crippen molar-refractivity contribution in [3.8, 4) is 0 Å². The van der Waals surface area contributed by atoms with Gasteiger partial charge in [0.1, 0.15) is 5.54 Å². The summed E-state index contributed by atoms with van der Waals surface area (Å²) in [6.07, 6.45) is 11.0. The van der Waals surface area contributed by atoms with Gasteiger partial charge in [-0.1, -0.05) is 46.0 Å². The van der Waals surface area contributed by atoms with Crippen molar-refractivity contribution in [2.45, 2.75) is 90.1 Å². The molecule has 3 nitrogen and oxygen atoms in total. The summed E-state index contributed by atoms with van der Waals surface area (Å²) in [4.78, 5) is 12.8. The summed E-state index contributed by atoms with van der Waals surface area (Å²) in [5, 5.41) is 3.80. The Kier molecular flexibility index (Phi) is 6.09. The highest BCUT2D eigenvalue weighted by atomic mass is 16.5. The van der Waals surface area contributed by atoms with E-state index in [1.54, 1.807) is 0 Å². The molecule has 3 unspecified atom stereocenters. The van der Waals surface area contributed by atoms with E-state index < -0.39 is 5.54 Å². The highest BCUT2D eigenvalue weighted by molar-refractivity contribution is 5.81. The van der Waals surface area contributed by atoms with Crippen molar-refractivity contribution >= 4 is 5.97 Å². The molecule has 0 spiro atoms. The van der Waals surface area contributed by atoms with Crippen LogP contribution in [0.4, 0.5) is 0 Å². The number of carbonyl (C=O) groups is 1. The van der Waals surface area contributed by atoms with Crippen LogP contribution in [0.5, 0.6) is 0 Å². The van der Waals surface area contributed by atoms with Crippen LogP contribution >= 0.6 is 0 Å². The first-order valence-corrected chi connectivity index (χ1v) is 9.03.